The van der Waals surface area contributed by atoms with Crippen molar-refractivity contribution < 1.29 is 4.39 Å². The number of fused-ring (bicyclic) bond motifs is 1. The number of aromatic nitrogens is 2. The van der Waals surface area contributed by atoms with Crippen molar-refractivity contribution in [2.45, 2.75) is 17.9 Å². The van der Waals surface area contributed by atoms with Crippen molar-refractivity contribution in [2.75, 3.05) is 0 Å². The second-order valence-corrected chi connectivity index (χ2v) is 5.22. The first kappa shape index (κ1) is 11.5. The second-order valence-electron chi connectivity index (χ2n) is 4.24. The van der Waals surface area contributed by atoms with Crippen LogP contribution in [0, 0.1) is 5.82 Å². The smallest absolute Gasteiger partial charge is 0.255 e. The highest BCUT2D eigenvalue weighted by Crippen LogP contribution is 2.25. The fourth-order valence-corrected chi connectivity index (χ4v) is 3.07. The standard InChI is InChI=1S/C13H11FN2OS/c14-9-3-1-2-8(4-9)5-12-15-11-7-18-6-10(11)13(17)16-12/h1-4H,5-7H2,(H,15,16,17). The molecule has 0 amide bonds. The zero-order valence-corrected chi connectivity index (χ0v) is 10.4. The van der Waals surface area contributed by atoms with E-state index in [1.807, 2.05) is 6.07 Å². The van der Waals surface area contributed by atoms with Gasteiger partial charge in [0.25, 0.3) is 5.56 Å². The summed E-state index contributed by atoms with van der Waals surface area (Å²) in [7, 11) is 0. The molecule has 1 aliphatic heterocycles. The topological polar surface area (TPSA) is 45.8 Å². The first-order valence-corrected chi connectivity index (χ1v) is 6.81. The number of hydrogen-bond acceptors (Lipinski definition) is 3. The quantitative estimate of drug-likeness (QED) is 0.903. The normalized spacial score (nSPS) is 13.6. The molecule has 2 aromatic rings. The van der Waals surface area contributed by atoms with Crippen molar-refractivity contribution in [1.82, 2.24) is 9.97 Å². The molecule has 0 spiro atoms. The van der Waals surface area contributed by atoms with E-state index in [4.69, 9.17) is 0 Å². The summed E-state index contributed by atoms with van der Waals surface area (Å²) in [5.41, 5.74) is 2.40. The maximum atomic E-state index is 13.1. The molecule has 1 N–H and O–H groups in total. The van der Waals surface area contributed by atoms with Crippen LogP contribution in [0.3, 0.4) is 0 Å². The average Bonchev–Trinajstić information content (AvgIpc) is 2.77. The lowest BCUT2D eigenvalue weighted by atomic mass is 10.1. The molecule has 3 rings (SSSR count). The van der Waals surface area contributed by atoms with E-state index in [0.717, 1.165) is 28.3 Å². The molecule has 18 heavy (non-hydrogen) atoms. The van der Waals surface area contributed by atoms with Crippen molar-refractivity contribution in [3.8, 4) is 0 Å². The number of H-pyrrole nitrogens is 1. The maximum absolute atomic E-state index is 13.1. The zero-order chi connectivity index (χ0) is 12.5. The number of hydrogen-bond donors (Lipinski definition) is 1. The minimum absolute atomic E-state index is 0.0589. The van der Waals surface area contributed by atoms with Gasteiger partial charge < -0.3 is 4.98 Å². The number of nitrogens with one attached hydrogen (secondary N) is 1. The van der Waals surface area contributed by atoms with Crippen LogP contribution >= 0.6 is 11.8 Å². The number of benzene rings is 1. The molecule has 0 bridgehead atoms. The maximum Gasteiger partial charge on any atom is 0.255 e. The molecule has 5 heteroatoms. The number of halogens is 1. The first-order chi connectivity index (χ1) is 8.72. The summed E-state index contributed by atoms with van der Waals surface area (Å²) in [4.78, 5) is 19.0. The second kappa shape index (κ2) is 4.57. The van der Waals surface area contributed by atoms with Gasteiger partial charge >= 0.3 is 0 Å². The summed E-state index contributed by atoms with van der Waals surface area (Å²) in [5.74, 6) is 1.85. The lowest BCUT2D eigenvalue weighted by Gasteiger charge is -2.04. The SMILES string of the molecule is O=c1[nH]c(Cc2cccc(F)c2)nc2c1CSC2. The Morgan fingerprint density at radius 2 is 2.28 bits per heavy atom. The molecule has 2 heterocycles. The molecule has 92 valence electrons. The molecule has 0 radical (unpaired) electrons. The Bertz CT molecular complexity index is 654. The van der Waals surface area contributed by atoms with Gasteiger partial charge in [-0.1, -0.05) is 12.1 Å². The third-order valence-corrected chi connectivity index (χ3v) is 3.87. The molecule has 0 aliphatic carbocycles. The van der Waals surface area contributed by atoms with E-state index in [9.17, 15) is 9.18 Å². The van der Waals surface area contributed by atoms with Crippen LogP contribution < -0.4 is 5.56 Å². The molecule has 1 aliphatic rings. The first-order valence-electron chi connectivity index (χ1n) is 5.65. The van der Waals surface area contributed by atoms with Crippen LogP contribution in [0.25, 0.3) is 0 Å². The fourth-order valence-electron chi connectivity index (χ4n) is 2.04. The minimum atomic E-state index is -0.272. The van der Waals surface area contributed by atoms with E-state index in [1.165, 1.54) is 12.1 Å². The van der Waals surface area contributed by atoms with Crippen LogP contribution in [-0.4, -0.2) is 9.97 Å². The van der Waals surface area contributed by atoms with E-state index in [2.05, 4.69) is 9.97 Å². The highest BCUT2D eigenvalue weighted by Gasteiger charge is 2.17. The molecule has 0 saturated heterocycles. The number of thioether (sulfide) groups is 1. The van der Waals surface area contributed by atoms with Gasteiger partial charge in [0.15, 0.2) is 0 Å². The van der Waals surface area contributed by atoms with E-state index in [-0.39, 0.29) is 11.4 Å². The number of nitrogens with zero attached hydrogens (tertiary/aromatic N) is 1. The Hall–Kier alpha value is -1.62. The van der Waals surface area contributed by atoms with E-state index in [1.54, 1.807) is 17.8 Å². The Morgan fingerprint density at radius 1 is 1.39 bits per heavy atom. The summed E-state index contributed by atoms with van der Waals surface area (Å²) in [5, 5.41) is 0. The fraction of sp³-hybridized carbons (Fsp3) is 0.231. The van der Waals surface area contributed by atoms with Gasteiger partial charge in [0.1, 0.15) is 11.6 Å². The van der Waals surface area contributed by atoms with Crippen molar-refractivity contribution in [3.63, 3.8) is 0 Å². The zero-order valence-electron chi connectivity index (χ0n) is 9.57. The molecule has 1 aromatic carbocycles. The Balaban J connectivity index is 1.94. The van der Waals surface area contributed by atoms with Gasteiger partial charge in [0.05, 0.1) is 5.69 Å². The van der Waals surface area contributed by atoms with E-state index < -0.39 is 0 Å². The highest BCUT2D eigenvalue weighted by molar-refractivity contribution is 7.98. The molecule has 0 unspecified atom stereocenters. The number of aromatic amines is 1. The lowest BCUT2D eigenvalue weighted by molar-refractivity contribution is 0.625. The summed E-state index contributed by atoms with van der Waals surface area (Å²) < 4.78 is 13.1. The Kier molecular flexibility index (Phi) is 2.91. The van der Waals surface area contributed by atoms with Gasteiger partial charge in [0.2, 0.25) is 0 Å². The van der Waals surface area contributed by atoms with Crippen LogP contribution in [0.15, 0.2) is 29.1 Å². The van der Waals surface area contributed by atoms with Crippen molar-refractivity contribution in [1.29, 1.82) is 0 Å². The molecule has 3 nitrogen and oxygen atoms in total. The van der Waals surface area contributed by atoms with Gasteiger partial charge in [0, 0.05) is 23.5 Å². The third-order valence-electron chi connectivity index (χ3n) is 2.90. The van der Waals surface area contributed by atoms with Gasteiger partial charge in [-0.25, -0.2) is 9.37 Å². The predicted octanol–water partition coefficient (Wildman–Crippen LogP) is 2.25. The predicted molar refractivity (Wildman–Crippen MR) is 69.1 cm³/mol. The van der Waals surface area contributed by atoms with Gasteiger partial charge in [-0.15, -0.1) is 0 Å². The van der Waals surface area contributed by atoms with Gasteiger partial charge in [-0.3, -0.25) is 4.79 Å². The van der Waals surface area contributed by atoms with Crippen molar-refractivity contribution >= 4 is 11.8 Å². The van der Waals surface area contributed by atoms with E-state index in [0.29, 0.717) is 12.2 Å². The van der Waals surface area contributed by atoms with Gasteiger partial charge in [-0.05, 0) is 17.7 Å². The van der Waals surface area contributed by atoms with Crippen LogP contribution in [0.4, 0.5) is 4.39 Å². The Morgan fingerprint density at radius 3 is 3.11 bits per heavy atom. The summed E-state index contributed by atoms with van der Waals surface area (Å²) in [6.45, 7) is 0. The molecular formula is C13H11FN2OS. The monoisotopic (exact) mass is 262 g/mol. The van der Waals surface area contributed by atoms with Crippen molar-refractivity contribution in [3.05, 3.63) is 63.1 Å². The minimum Gasteiger partial charge on any atom is -0.310 e. The van der Waals surface area contributed by atoms with Crippen molar-refractivity contribution in [2.24, 2.45) is 0 Å². The van der Waals surface area contributed by atoms with Crippen LogP contribution in [0.5, 0.6) is 0 Å². The van der Waals surface area contributed by atoms with Crippen LogP contribution in [0.2, 0.25) is 0 Å². The molecule has 0 fully saturated rings. The molecular weight excluding hydrogens is 251 g/mol. The summed E-state index contributed by atoms with van der Waals surface area (Å²) in [6, 6.07) is 6.35. The molecule has 0 saturated carbocycles. The Labute approximate surface area is 107 Å². The average molecular weight is 262 g/mol. The van der Waals surface area contributed by atoms with Crippen LogP contribution in [-0.2, 0) is 17.9 Å². The third kappa shape index (κ3) is 2.18. The summed E-state index contributed by atoms with van der Waals surface area (Å²) in [6.07, 6.45) is 0.449. The lowest BCUT2D eigenvalue weighted by Crippen LogP contribution is -2.17. The van der Waals surface area contributed by atoms with Crippen LogP contribution in [0.1, 0.15) is 22.6 Å². The largest absolute Gasteiger partial charge is 0.310 e. The summed E-state index contributed by atoms with van der Waals surface area (Å²) >= 11 is 1.69. The molecule has 0 atom stereocenters. The highest BCUT2D eigenvalue weighted by atomic mass is 32.2. The molecule has 1 aromatic heterocycles. The van der Waals surface area contributed by atoms with E-state index >= 15 is 0 Å². The number of rotatable bonds is 2. The van der Waals surface area contributed by atoms with Gasteiger partial charge in [-0.2, -0.15) is 11.8 Å².